The van der Waals surface area contributed by atoms with E-state index in [0.29, 0.717) is 0 Å². The van der Waals surface area contributed by atoms with Crippen molar-refractivity contribution < 1.29 is 63.3 Å². The average Bonchev–Trinajstić information content (AvgIpc) is 3.65. The lowest BCUT2D eigenvalue weighted by molar-refractivity contribution is -0.179. The van der Waals surface area contributed by atoms with Crippen molar-refractivity contribution >= 4 is 30.1 Å². The van der Waals surface area contributed by atoms with E-state index in [1.54, 1.807) is 12.2 Å². The lowest BCUT2D eigenvalue weighted by atomic mass is 9.72. The molecule has 2 saturated heterocycles. The first-order valence-corrected chi connectivity index (χ1v) is 12.8. The van der Waals surface area contributed by atoms with E-state index in [0.717, 1.165) is 6.29 Å². The van der Waals surface area contributed by atoms with Gasteiger partial charge in [-0.2, -0.15) is 0 Å². The molecule has 0 aromatic heterocycles. The molecule has 3 unspecified atom stereocenters. The molecule has 0 aromatic carbocycles. The van der Waals surface area contributed by atoms with E-state index < -0.39 is 97.3 Å². The molecule has 2 fully saturated rings. The van der Waals surface area contributed by atoms with Crippen LogP contribution in [0.1, 0.15) is 20.8 Å². The topological polar surface area (TPSA) is 206 Å². The number of aldehydes is 1. The van der Waals surface area contributed by atoms with Gasteiger partial charge in [-0.1, -0.05) is 12.2 Å². The number of aliphatic hydroxyl groups is 4. The number of hydrogen-bond donors (Lipinski definition) is 4. The van der Waals surface area contributed by atoms with E-state index in [2.05, 4.69) is 0 Å². The average molecular weight is 572 g/mol. The molecular formula is C26H37NO13. The van der Waals surface area contributed by atoms with Gasteiger partial charge in [0, 0.05) is 6.54 Å². The van der Waals surface area contributed by atoms with E-state index in [4.69, 9.17) is 18.9 Å². The molecule has 3 aliphatic rings. The van der Waals surface area contributed by atoms with Crippen LogP contribution < -0.4 is 0 Å². The maximum absolute atomic E-state index is 13.2. The molecule has 224 valence electrons. The van der Waals surface area contributed by atoms with Gasteiger partial charge in [-0.15, -0.1) is 0 Å². The molecule has 14 nitrogen and oxygen atoms in total. The third-order valence-electron chi connectivity index (χ3n) is 7.99. The van der Waals surface area contributed by atoms with Gasteiger partial charge in [0.1, 0.15) is 42.4 Å². The van der Waals surface area contributed by atoms with Crippen LogP contribution in [0, 0.1) is 27.6 Å². The molecule has 0 saturated carbocycles. The SMILES string of the molecule is CC(CO)(CO)C(=O)OCC(C)(COC(=O)C(C)(CO)CO)C(=O)OCCN1CC2(C=O)C3C=CC(O3)[C@H]2C1=O. The van der Waals surface area contributed by atoms with E-state index in [-0.39, 0.29) is 25.6 Å². The molecule has 1 amide bonds. The van der Waals surface area contributed by atoms with Crippen molar-refractivity contribution in [3.8, 4) is 0 Å². The number of rotatable bonds is 15. The standard InChI is InChI=1S/C26H37NO13/c1-23(9-28,10-29)20(34)38-14-25(3,15-39-21(35)24(2,11-30)12-31)22(36)37-7-6-27-8-26(13-32)17-5-4-16(40-17)18(26)19(27)33/h4-5,13,16-18,28-31H,6-12,14-15H2,1-3H3/t16?,17?,18-,26?/m0/s1. The Kier molecular flexibility index (Phi) is 9.41. The lowest BCUT2D eigenvalue weighted by Gasteiger charge is -2.31. The van der Waals surface area contributed by atoms with Crippen molar-refractivity contribution in [1.29, 1.82) is 0 Å². The molecule has 14 heteroatoms. The van der Waals surface area contributed by atoms with Crippen LogP contribution in [0.4, 0.5) is 0 Å². The predicted octanol–water partition coefficient (Wildman–Crippen LogP) is -2.41. The Morgan fingerprint density at radius 3 is 1.88 bits per heavy atom. The molecule has 4 N–H and O–H groups in total. The van der Waals surface area contributed by atoms with Crippen molar-refractivity contribution in [2.75, 3.05) is 59.3 Å². The van der Waals surface area contributed by atoms with Crippen LogP contribution in [0.15, 0.2) is 12.2 Å². The number of hydrogen-bond acceptors (Lipinski definition) is 13. The van der Waals surface area contributed by atoms with Crippen molar-refractivity contribution in [2.24, 2.45) is 27.6 Å². The van der Waals surface area contributed by atoms with Gasteiger partial charge in [-0.05, 0) is 20.8 Å². The fourth-order valence-electron chi connectivity index (χ4n) is 4.72. The van der Waals surface area contributed by atoms with Gasteiger partial charge >= 0.3 is 17.9 Å². The zero-order chi connectivity index (χ0) is 29.9. The lowest BCUT2D eigenvalue weighted by Crippen LogP contribution is -2.46. The molecule has 0 spiro atoms. The second kappa shape index (κ2) is 11.9. The molecule has 3 rings (SSSR count). The smallest absolute Gasteiger partial charge is 0.318 e. The van der Waals surface area contributed by atoms with Crippen LogP contribution in [0.5, 0.6) is 0 Å². The summed E-state index contributed by atoms with van der Waals surface area (Å²) in [5.41, 5.74) is -6.10. The number of nitrogens with zero attached hydrogens (tertiary/aromatic N) is 1. The summed E-state index contributed by atoms with van der Waals surface area (Å²) in [5.74, 6) is -3.95. The quantitative estimate of drug-likeness (QED) is 0.0700. The molecule has 2 bridgehead atoms. The molecular weight excluding hydrogens is 534 g/mol. The third kappa shape index (κ3) is 5.50. The summed E-state index contributed by atoms with van der Waals surface area (Å²) < 4.78 is 21.4. The Balaban J connectivity index is 1.66. The number of esters is 3. The summed E-state index contributed by atoms with van der Waals surface area (Å²) in [6.45, 7) is -0.737. The Hall–Kier alpha value is -2.91. The van der Waals surface area contributed by atoms with Crippen molar-refractivity contribution in [2.45, 2.75) is 33.0 Å². The minimum Gasteiger partial charge on any atom is -0.464 e. The van der Waals surface area contributed by atoms with E-state index in [1.165, 1.54) is 25.7 Å². The highest BCUT2D eigenvalue weighted by Crippen LogP contribution is 2.52. The normalized spacial score (nSPS) is 25.6. The molecule has 0 aromatic rings. The highest BCUT2D eigenvalue weighted by atomic mass is 16.6. The number of amides is 1. The van der Waals surface area contributed by atoms with Crippen LogP contribution in [0.25, 0.3) is 0 Å². The van der Waals surface area contributed by atoms with Crippen LogP contribution in [-0.4, -0.2) is 127 Å². The predicted molar refractivity (Wildman–Crippen MR) is 132 cm³/mol. The first-order chi connectivity index (χ1) is 18.8. The van der Waals surface area contributed by atoms with Crippen LogP contribution in [0.2, 0.25) is 0 Å². The number of carbonyl (C=O) groups excluding carboxylic acids is 5. The van der Waals surface area contributed by atoms with Gasteiger partial charge in [0.25, 0.3) is 0 Å². The summed E-state index contributed by atoms with van der Waals surface area (Å²) in [6, 6.07) is 0. The largest absolute Gasteiger partial charge is 0.464 e. The van der Waals surface area contributed by atoms with Crippen LogP contribution in [-0.2, 0) is 42.9 Å². The first-order valence-electron chi connectivity index (χ1n) is 12.8. The second-order valence-electron chi connectivity index (χ2n) is 11.5. The van der Waals surface area contributed by atoms with Gasteiger partial charge in [0.2, 0.25) is 5.91 Å². The van der Waals surface area contributed by atoms with Gasteiger partial charge in [0.05, 0.1) is 56.5 Å². The Labute approximate surface area is 230 Å². The number of carbonyl (C=O) groups is 5. The molecule has 0 aliphatic carbocycles. The summed E-state index contributed by atoms with van der Waals surface area (Å²) in [4.78, 5) is 64.5. The van der Waals surface area contributed by atoms with Gasteiger partial charge < -0.3 is 49.1 Å². The van der Waals surface area contributed by atoms with Gasteiger partial charge in [-0.3, -0.25) is 19.2 Å². The minimum absolute atomic E-state index is 0.0358. The highest BCUT2D eigenvalue weighted by molar-refractivity contribution is 5.90. The monoisotopic (exact) mass is 571 g/mol. The van der Waals surface area contributed by atoms with E-state index >= 15 is 0 Å². The zero-order valence-electron chi connectivity index (χ0n) is 22.7. The Morgan fingerprint density at radius 1 is 0.925 bits per heavy atom. The van der Waals surface area contributed by atoms with Crippen molar-refractivity contribution in [3.63, 3.8) is 0 Å². The number of aliphatic hydroxyl groups excluding tert-OH is 4. The van der Waals surface area contributed by atoms with Gasteiger partial charge in [-0.25, -0.2) is 0 Å². The number of ether oxygens (including phenoxy) is 4. The fraction of sp³-hybridized carbons (Fsp3) is 0.731. The van der Waals surface area contributed by atoms with Crippen LogP contribution in [0.3, 0.4) is 0 Å². The Bertz CT molecular complexity index is 1000. The number of fused-ring (bicyclic) bond motifs is 5. The summed E-state index contributed by atoms with van der Waals surface area (Å²) in [5, 5.41) is 37.8. The minimum atomic E-state index is -1.78. The van der Waals surface area contributed by atoms with E-state index in [1.807, 2.05) is 0 Å². The molecule has 0 radical (unpaired) electrons. The van der Waals surface area contributed by atoms with Gasteiger partial charge in [0.15, 0.2) is 0 Å². The van der Waals surface area contributed by atoms with Crippen LogP contribution >= 0.6 is 0 Å². The first kappa shape index (κ1) is 31.6. The molecule has 40 heavy (non-hydrogen) atoms. The summed E-state index contributed by atoms with van der Waals surface area (Å²) >= 11 is 0. The molecule has 3 heterocycles. The maximum atomic E-state index is 13.2. The third-order valence-corrected chi connectivity index (χ3v) is 7.99. The van der Waals surface area contributed by atoms with Crippen molar-refractivity contribution in [1.82, 2.24) is 4.90 Å². The highest BCUT2D eigenvalue weighted by Gasteiger charge is 2.66. The molecule has 4 atom stereocenters. The summed E-state index contributed by atoms with van der Waals surface area (Å²) in [7, 11) is 0. The maximum Gasteiger partial charge on any atom is 0.318 e. The molecule has 3 aliphatic heterocycles. The summed E-state index contributed by atoms with van der Waals surface area (Å²) in [6.07, 6.45) is 3.27. The number of likely N-dealkylation sites (tertiary alicyclic amines) is 1. The van der Waals surface area contributed by atoms with Crippen molar-refractivity contribution in [3.05, 3.63) is 12.2 Å². The second-order valence-corrected chi connectivity index (χ2v) is 11.5. The zero-order valence-corrected chi connectivity index (χ0v) is 22.7. The Morgan fingerprint density at radius 2 is 1.43 bits per heavy atom. The fourth-order valence-corrected chi connectivity index (χ4v) is 4.72. The van der Waals surface area contributed by atoms with E-state index in [9.17, 15) is 44.4 Å².